The Kier molecular flexibility index (Phi) is 11.0. The maximum atomic E-state index is 13.5. The Balaban J connectivity index is 2.24. The zero-order valence-corrected chi connectivity index (χ0v) is 23.3. The molecule has 1 N–H and O–H groups in total. The molecule has 0 saturated heterocycles. The summed E-state index contributed by atoms with van der Waals surface area (Å²) in [6.45, 7) is 10.2. The first-order valence-corrected chi connectivity index (χ1v) is 14.5. The molecule has 2 atom stereocenters. The van der Waals surface area contributed by atoms with E-state index in [0.717, 1.165) is 23.1 Å². The Morgan fingerprint density at radius 1 is 1.00 bits per heavy atom. The van der Waals surface area contributed by atoms with Crippen LogP contribution in [-0.4, -0.2) is 50.0 Å². The van der Waals surface area contributed by atoms with Crippen LogP contribution in [0.25, 0.3) is 0 Å². The van der Waals surface area contributed by atoms with E-state index in [1.807, 2.05) is 71.0 Å². The second kappa shape index (κ2) is 13.4. The number of rotatable bonds is 13. The Morgan fingerprint density at radius 2 is 1.69 bits per heavy atom. The van der Waals surface area contributed by atoms with Crippen molar-refractivity contribution in [2.75, 3.05) is 17.1 Å². The van der Waals surface area contributed by atoms with Crippen LogP contribution in [0.1, 0.15) is 63.1 Å². The normalized spacial score (nSPS) is 13.1. The third kappa shape index (κ3) is 8.36. The lowest BCUT2D eigenvalue weighted by Gasteiger charge is -2.32. The maximum absolute atomic E-state index is 13.5. The summed E-state index contributed by atoms with van der Waals surface area (Å²) in [6.07, 6.45) is 2.94. The van der Waals surface area contributed by atoms with Crippen molar-refractivity contribution in [2.24, 2.45) is 0 Å². The number of amides is 2. The van der Waals surface area contributed by atoms with Crippen LogP contribution >= 0.6 is 0 Å². The van der Waals surface area contributed by atoms with Gasteiger partial charge in [-0.3, -0.25) is 13.9 Å². The molecule has 0 aliphatic rings. The summed E-state index contributed by atoms with van der Waals surface area (Å²) in [5, 5.41) is 3.01. The first-order chi connectivity index (χ1) is 17.0. The molecule has 0 saturated carbocycles. The molecule has 0 fully saturated rings. The molecule has 0 aliphatic heterocycles. The lowest BCUT2D eigenvalue weighted by molar-refractivity contribution is -0.141. The first kappa shape index (κ1) is 29.4. The van der Waals surface area contributed by atoms with Gasteiger partial charge in [0, 0.05) is 25.6 Å². The summed E-state index contributed by atoms with van der Waals surface area (Å²) < 4.78 is 26.4. The molecular weight excluding hydrogens is 474 g/mol. The van der Waals surface area contributed by atoms with Gasteiger partial charge in [0.15, 0.2) is 0 Å². The van der Waals surface area contributed by atoms with Crippen molar-refractivity contribution in [1.29, 1.82) is 0 Å². The van der Waals surface area contributed by atoms with E-state index in [1.165, 1.54) is 10.6 Å². The molecule has 2 aromatic carbocycles. The van der Waals surface area contributed by atoms with Crippen LogP contribution in [-0.2, 0) is 26.2 Å². The lowest BCUT2D eigenvalue weighted by atomic mass is 10.1. The zero-order valence-electron chi connectivity index (χ0n) is 22.5. The number of hydrogen-bond donors (Lipinski definition) is 1. The Bertz CT molecular complexity index is 1130. The number of sulfonamides is 1. The van der Waals surface area contributed by atoms with Gasteiger partial charge in [-0.15, -0.1) is 0 Å². The van der Waals surface area contributed by atoms with Crippen molar-refractivity contribution < 1.29 is 18.0 Å². The highest BCUT2D eigenvalue weighted by molar-refractivity contribution is 7.92. The number of nitrogens with one attached hydrogen (secondary N) is 1. The van der Waals surface area contributed by atoms with Crippen LogP contribution in [0.2, 0.25) is 0 Å². The quantitative estimate of drug-likeness (QED) is 0.423. The largest absolute Gasteiger partial charge is 0.352 e. The smallest absolute Gasteiger partial charge is 0.243 e. The molecular formula is C28H41N3O4S. The highest BCUT2D eigenvalue weighted by Gasteiger charge is 2.29. The average Bonchev–Trinajstić information content (AvgIpc) is 2.81. The summed E-state index contributed by atoms with van der Waals surface area (Å²) in [5.74, 6) is -0.327. The van der Waals surface area contributed by atoms with Crippen molar-refractivity contribution in [3.8, 4) is 0 Å². The van der Waals surface area contributed by atoms with Gasteiger partial charge in [0.1, 0.15) is 6.04 Å². The molecule has 0 unspecified atom stereocenters. The van der Waals surface area contributed by atoms with Crippen molar-refractivity contribution in [3.63, 3.8) is 0 Å². The van der Waals surface area contributed by atoms with E-state index in [9.17, 15) is 18.0 Å². The topological polar surface area (TPSA) is 86.8 Å². The molecule has 0 aromatic heterocycles. The predicted molar refractivity (Wildman–Crippen MR) is 146 cm³/mol. The minimum Gasteiger partial charge on any atom is -0.352 e. The Hall–Kier alpha value is -2.87. The molecule has 7 nitrogen and oxygen atoms in total. The third-order valence-electron chi connectivity index (χ3n) is 6.36. The van der Waals surface area contributed by atoms with Gasteiger partial charge < -0.3 is 10.2 Å². The van der Waals surface area contributed by atoms with Crippen LogP contribution in [0, 0.1) is 13.8 Å². The van der Waals surface area contributed by atoms with Gasteiger partial charge in [-0.05, 0) is 57.2 Å². The van der Waals surface area contributed by atoms with E-state index in [1.54, 1.807) is 17.0 Å². The van der Waals surface area contributed by atoms with E-state index in [-0.39, 0.29) is 30.8 Å². The SMILES string of the molecule is CC[C@@H](C)NC(=O)[C@@H](CC)N(Cc1cccc(C)c1)C(=O)CCCN(c1ccccc1C)S(C)(=O)=O. The number of carbonyl (C=O) groups is 2. The number of nitrogens with zero attached hydrogens (tertiary/aromatic N) is 2. The minimum atomic E-state index is -3.52. The molecule has 2 aromatic rings. The summed E-state index contributed by atoms with van der Waals surface area (Å²) >= 11 is 0. The fourth-order valence-electron chi connectivity index (χ4n) is 4.19. The van der Waals surface area contributed by atoms with E-state index in [0.29, 0.717) is 25.1 Å². The molecule has 198 valence electrons. The summed E-state index contributed by atoms with van der Waals surface area (Å²) in [7, 11) is -3.52. The monoisotopic (exact) mass is 515 g/mol. The fourth-order valence-corrected chi connectivity index (χ4v) is 5.22. The van der Waals surface area contributed by atoms with Crippen LogP contribution in [0.4, 0.5) is 5.69 Å². The van der Waals surface area contributed by atoms with Crippen LogP contribution in [0.3, 0.4) is 0 Å². The molecule has 0 aliphatic carbocycles. The number of hydrogen-bond acceptors (Lipinski definition) is 4. The van der Waals surface area contributed by atoms with Crippen molar-refractivity contribution >= 4 is 27.5 Å². The van der Waals surface area contributed by atoms with Gasteiger partial charge in [-0.2, -0.15) is 0 Å². The van der Waals surface area contributed by atoms with E-state index in [2.05, 4.69) is 5.32 Å². The van der Waals surface area contributed by atoms with E-state index < -0.39 is 16.1 Å². The second-order valence-corrected chi connectivity index (χ2v) is 11.4. The third-order valence-corrected chi connectivity index (χ3v) is 7.54. The molecule has 8 heteroatoms. The molecule has 0 spiro atoms. The average molecular weight is 516 g/mol. The van der Waals surface area contributed by atoms with E-state index in [4.69, 9.17) is 0 Å². The molecule has 2 amide bonds. The number of anilines is 1. The molecule has 0 heterocycles. The van der Waals surface area contributed by atoms with E-state index >= 15 is 0 Å². The second-order valence-electron chi connectivity index (χ2n) is 9.48. The van der Waals surface area contributed by atoms with Gasteiger partial charge >= 0.3 is 0 Å². The fraction of sp³-hybridized carbons (Fsp3) is 0.500. The first-order valence-electron chi connectivity index (χ1n) is 12.7. The van der Waals surface area contributed by atoms with Gasteiger partial charge in [-0.25, -0.2) is 8.42 Å². The number of aryl methyl sites for hydroxylation is 2. The molecule has 0 radical (unpaired) electrons. The van der Waals surface area contributed by atoms with Gasteiger partial charge in [-0.1, -0.05) is 61.9 Å². The predicted octanol–water partition coefficient (Wildman–Crippen LogP) is 4.57. The molecule has 2 rings (SSSR count). The molecule has 0 bridgehead atoms. The number of benzene rings is 2. The van der Waals surface area contributed by atoms with Crippen molar-refractivity contribution in [1.82, 2.24) is 10.2 Å². The minimum absolute atomic E-state index is 0.0138. The van der Waals surface area contributed by atoms with Gasteiger partial charge in [0.05, 0.1) is 11.9 Å². The number of carbonyl (C=O) groups excluding carboxylic acids is 2. The standard InChI is InChI=1S/C28H41N3O4S/c1-7-23(5)29-28(33)25(8-2)30(20-24-15-11-13-21(3)19-24)27(32)17-12-18-31(36(6,34)35)26-16-10-9-14-22(26)4/h9-11,13-16,19,23,25H,7-8,12,17-18,20H2,1-6H3,(H,29,33)/t23-,25-/m1/s1. The summed E-state index contributed by atoms with van der Waals surface area (Å²) in [4.78, 5) is 28.2. The lowest BCUT2D eigenvalue weighted by Crippen LogP contribution is -2.50. The van der Waals surface area contributed by atoms with Crippen LogP contribution in [0.15, 0.2) is 48.5 Å². The van der Waals surface area contributed by atoms with Crippen molar-refractivity contribution in [2.45, 2.75) is 78.9 Å². The highest BCUT2D eigenvalue weighted by atomic mass is 32.2. The van der Waals surface area contributed by atoms with Crippen LogP contribution in [0.5, 0.6) is 0 Å². The van der Waals surface area contributed by atoms with Gasteiger partial charge in [0.25, 0.3) is 0 Å². The molecule has 36 heavy (non-hydrogen) atoms. The summed E-state index contributed by atoms with van der Waals surface area (Å²) in [5.41, 5.74) is 3.50. The summed E-state index contributed by atoms with van der Waals surface area (Å²) in [6, 6.07) is 14.6. The van der Waals surface area contributed by atoms with Gasteiger partial charge in [0.2, 0.25) is 21.8 Å². The number of para-hydroxylation sites is 1. The maximum Gasteiger partial charge on any atom is 0.243 e. The van der Waals surface area contributed by atoms with Crippen LogP contribution < -0.4 is 9.62 Å². The zero-order chi connectivity index (χ0) is 26.9. The Labute approximate surface area is 216 Å². The Morgan fingerprint density at radius 3 is 2.28 bits per heavy atom. The highest BCUT2D eigenvalue weighted by Crippen LogP contribution is 2.23. The van der Waals surface area contributed by atoms with Crippen molar-refractivity contribution in [3.05, 3.63) is 65.2 Å².